The highest BCUT2D eigenvalue weighted by atomic mass is 19.4. The van der Waals surface area contributed by atoms with E-state index in [0.29, 0.717) is 17.4 Å². The van der Waals surface area contributed by atoms with Gasteiger partial charge in [0, 0.05) is 11.8 Å². The number of aromatic hydroxyl groups is 2. The van der Waals surface area contributed by atoms with Gasteiger partial charge in [0.15, 0.2) is 0 Å². The van der Waals surface area contributed by atoms with E-state index in [1.807, 2.05) is 27.7 Å². The van der Waals surface area contributed by atoms with Gasteiger partial charge in [-0.25, -0.2) is 0 Å². The van der Waals surface area contributed by atoms with Gasteiger partial charge in [-0.3, -0.25) is 9.98 Å². The minimum absolute atomic E-state index is 0. The van der Waals surface area contributed by atoms with Gasteiger partial charge in [-0.05, 0) is 31.0 Å². The summed E-state index contributed by atoms with van der Waals surface area (Å²) in [7, 11) is 0. The first-order valence-electron chi connectivity index (χ1n) is 8.06. The monoisotopic (exact) mass is 418 g/mol. The van der Waals surface area contributed by atoms with Crippen molar-refractivity contribution in [1.82, 2.24) is 0 Å². The number of nitrogens with zero attached hydrogens (tertiary/aromatic N) is 2. The van der Waals surface area contributed by atoms with Gasteiger partial charge in [-0.2, -0.15) is 13.2 Å². The molecule has 8 heteroatoms. The molecule has 0 aliphatic carbocycles. The lowest BCUT2D eigenvalue weighted by Crippen LogP contribution is -2.05. The molecule has 2 aromatic rings. The fourth-order valence-corrected chi connectivity index (χ4v) is 1.77. The van der Waals surface area contributed by atoms with Gasteiger partial charge in [-0.15, -0.1) is 0 Å². The lowest BCUT2D eigenvalue weighted by atomic mass is 10.1. The molecule has 0 aromatic heterocycles. The van der Waals surface area contributed by atoms with Crippen LogP contribution in [0, 0.1) is 0 Å². The molecule has 5 nitrogen and oxygen atoms in total. The zero-order chi connectivity index (χ0) is 20.3. The Labute approximate surface area is 171 Å². The minimum atomic E-state index is -4.75. The largest absolute Gasteiger partial charge is 0.507 e. The van der Waals surface area contributed by atoms with E-state index in [2.05, 4.69) is 16.7 Å². The number of hydrogen-bond donors (Lipinski definition) is 2. The number of phenols is 2. The maximum atomic E-state index is 12.6. The highest BCUT2D eigenvalue weighted by Gasteiger charge is 2.34. The molecule has 0 radical (unpaired) electrons. The van der Waals surface area contributed by atoms with Gasteiger partial charge in [-0.1, -0.05) is 54.7 Å². The summed E-state index contributed by atoms with van der Waals surface area (Å²) in [5.74, 6) is -1.63. The Morgan fingerprint density at radius 1 is 0.897 bits per heavy atom. The number of phenolic OH excluding ortho intramolecular Hbond substituents is 2. The molecule has 2 rings (SSSR count). The van der Waals surface area contributed by atoms with Crippen LogP contribution in [0.3, 0.4) is 0 Å². The van der Waals surface area contributed by atoms with Crippen LogP contribution in [-0.2, 0) is 6.18 Å². The van der Waals surface area contributed by atoms with Crippen LogP contribution in [0.2, 0.25) is 0 Å². The third-order valence-corrected chi connectivity index (χ3v) is 2.85. The van der Waals surface area contributed by atoms with Gasteiger partial charge in [0.1, 0.15) is 17.1 Å². The van der Waals surface area contributed by atoms with E-state index in [0.717, 1.165) is 12.3 Å². The van der Waals surface area contributed by atoms with Gasteiger partial charge < -0.3 is 15.7 Å². The van der Waals surface area contributed by atoms with Crippen LogP contribution in [0.25, 0.3) is 0 Å². The molecule has 0 saturated heterocycles. The van der Waals surface area contributed by atoms with Crippen LogP contribution in [0.4, 0.5) is 24.5 Å². The third kappa shape index (κ3) is 9.75. The highest BCUT2D eigenvalue weighted by Crippen LogP contribution is 2.39. The molecule has 0 aliphatic heterocycles. The summed E-state index contributed by atoms with van der Waals surface area (Å²) in [5.41, 5.74) is -0.453. The molecule has 0 heterocycles. The normalized spacial score (nSPS) is 9.34. The second-order valence-electron chi connectivity index (χ2n) is 4.33. The summed E-state index contributed by atoms with van der Waals surface area (Å²) in [6.07, 6.45) is -3.62. The van der Waals surface area contributed by atoms with Gasteiger partial charge >= 0.3 is 6.18 Å². The molecule has 0 atom stereocenters. The van der Waals surface area contributed by atoms with Crippen molar-refractivity contribution >= 4 is 24.3 Å². The maximum Gasteiger partial charge on any atom is 0.420 e. The Bertz CT molecular complexity index is 746. The molecule has 29 heavy (non-hydrogen) atoms. The van der Waals surface area contributed by atoms with Gasteiger partial charge in [0.05, 0.1) is 11.4 Å². The van der Waals surface area contributed by atoms with Crippen molar-refractivity contribution in [1.29, 1.82) is 0 Å². The lowest BCUT2D eigenvalue weighted by Gasteiger charge is -2.10. The Hall–Kier alpha value is -2.87. The van der Waals surface area contributed by atoms with Gasteiger partial charge in [0.2, 0.25) is 0 Å². The predicted molar refractivity (Wildman–Crippen MR) is 117 cm³/mol. The molecule has 166 valence electrons. The zero-order valence-electron chi connectivity index (χ0n) is 15.7. The zero-order valence-corrected chi connectivity index (χ0v) is 15.7. The van der Waals surface area contributed by atoms with E-state index in [1.54, 1.807) is 24.3 Å². The van der Waals surface area contributed by atoms with E-state index in [1.165, 1.54) is 0 Å². The smallest absolute Gasteiger partial charge is 0.420 e. The number of benzene rings is 2. The van der Waals surface area contributed by atoms with Crippen LogP contribution in [-0.4, -0.2) is 28.6 Å². The van der Waals surface area contributed by atoms with E-state index in [9.17, 15) is 23.4 Å². The number of halogens is 3. The first kappa shape index (κ1) is 33.7. The molecular weight excluding hydrogens is 385 g/mol. The quantitative estimate of drug-likeness (QED) is 0.428. The molecule has 0 saturated carbocycles. The fourth-order valence-electron chi connectivity index (χ4n) is 1.77. The number of hydrogen-bond acceptors (Lipinski definition) is 4. The summed E-state index contributed by atoms with van der Waals surface area (Å²) >= 11 is 0. The Morgan fingerprint density at radius 3 is 1.83 bits per heavy atom. The van der Waals surface area contributed by atoms with Gasteiger partial charge in [0.25, 0.3) is 0 Å². The number of aliphatic imine (C=N–C) groups is 2. The van der Waals surface area contributed by atoms with E-state index in [-0.39, 0.29) is 25.9 Å². The van der Waals surface area contributed by atoms with Crippen LogP contribution in [0.1, 0.15) is 53.7 Å². The minimum Gasteiger partial charge on any atom is -0.507 e. The van der Waals surface area contributed by atoms with Crippen LogP contribution >= 0.6 is 0 Å². The highest BCUT2D eigenvalue weighted by molar-refractivity contribution is 5.87. The first-order chi connectivity index (χ1) is 12.3. The van der Waals surface area contributed by atoms with E-state index < -0.39 is 23.2 Å². The lowest BCUT2D eigenvalue weighted by molar-refractivity contribution is -0.138. The average Bonchev–Trinajstić information content (AvgIpc) is 2.64. The summed E-state index contributed by atoms with van der Waals surface area (Å²) in [4.78, 5) is 7.77. The fraction of sp³-hybridized carbons (Fsp3) is 0.333. The summed E-state index contributed by atoms with van der Waals surface area (Å²) in [6, 6.07) is 7.96. The molecule has 0 spiro atoms. The number of rotatable bonds is 3. The SMILES string of the molecule is C.C.C=Nc1ccccc1N=Cc1cc(O)c(C(F)(F)F)cc1O.CC.CC.O. The van der Waals surface area contributed by atoms with Crippen LogP contribution in [0.5, 0.6) is 11.5 Å². The van der Waals surface area contributed by atoms with E-state index >= 15 is 0 Å². The average molecular weight is 419 g/mol. The Kier molecular flexibility index (Phi) is 18.7. The van der Waals surface area contributed by atoms with Crippen molar-refractivity contribution in [2.75, 3.05) is 0 Å². The topological polar surface area (TPSA) is 96.7 Å². The number of alkyl halides is 3. The van der Waals surface area contributed by atoms with Crippen molar-refractivity contribution in [2.45, 2.75) is 48.7 Å². The second kappa shape index (κ2) is 16.1. The molecule has 0 fully saturated rings. The predicted octanol–water partition coefficient (Wildman–Crippen LogP) is 6.70. The summed E-state index contributed by atoms with van der Waals surface area (Å²) < 4.78 is 37.8. The number of para-hydroxylation sites is 2. The van der Waals surface area contributed by atoms with Crippen molar-refractivity contribution in [3.05, 3.63) is 47.5 Å². The van der Waals surface area contributed by atoms with Crippen LogP contribution in [0.15, 0.2) is 46.4 Å². The third-order valence-electron chi connectivity index (χ3n) is 2.85. The summed E-state index contributed by atoms with van der Waals surface area (Å²) in [5, 5.41) is 19.1. The summed E-state index contributed by atoms with van der Waals surface area (Å²) in [6.45, 7) is 11.4. The molecule has 0 amide bonds. The van der Waals surface area contributed by atoms with Crippen molar-refractivity contribution in [3.63, 3.8) is 0 Å². The van der Waals surface area contributed by atoms with E-state index in [4.69, 9.17) is 0 Å². The Morgan fingerprint density at radius 2 is 1.38 bits per heavy atom. The standard InChI is InChI=1S/C15H11F3N2O2.2C2H6.2CH4.H2O/c1-19-11-4-2-3-5-12(11)20-8-9-6-14(22)10(7-13(9)21)15(16,17)18;2*1-2;;;/h2-8,21-22H,1H2;2*1-2H3;2*1H4;1H2. The Balaban J connectivity index is -0.000000420. The molecule has 4 N–H and O–H groups in total. The molecule has 0 bridgehead atoms. The van der Waals surface area contributed by atoms with Crippen LogP contribution < -0.4 is 0 Å². The molecule has 0 aliphatic rings. The van der Waals surface area contributed by atoms with Crippen molar-refractivity contribution in [3.8, 4) is 11.5 Å². The molecule has 2 aromatic carbocycles. The van der Waals surface area contributed by atoms with Crippen molar-refractivity contribution < 1.29 is 28.9 Å². The molecular formula is C21H33F3N2O3. The molecule has 0 unspecified atom stereocenters. The maximum absolute atomic E-state index is 12.6. The second-order valence-corrected chi connectivity index (χ2v) is 4.33. The first-order valence-corrected chi connectivity index (χ1v) is 8.06. The van der Waals surface area contributed by atoms with Crippen molar-refractivity contribution in [2.24, 2.45) is 9.98 Å².